The van der Waals surface area contributed by atoms with Gasteiger partial charge in [0.05, 0.1) is 15.7 Å². The van der Waals surface area contributed by atoms with Crippen molar-refractivity contribution in [2.75, 3.05) is 25.1 Å². The third kappa shape index (κ3) is 4.11. The molecule has 1 aliphatic rings. The summed E-state index contributed by atoms with van der Waals surface area (Å²) in [4.78, 5) is 27.8. The first-order chi connectivity index (χ1) is 12.5. The van der Waals surface area contributed by atoms with Gasteiger partial charge >= 0.3 is 0 Å². The van der Waals surface area contributed by atoms with Crippen LogP contribution in [0.5, 0.6) is 5.75 Å². The highest BCUT2D eigenvalue weighted by atomic mass is 35.5. The molecule has 0 radical (unpaired) electrons. The molecule has 1 aliphatic heterocycles. The normalized spacial score (nSPS) is 13.2. The number of benzene rings is 2. The molecule has 3 rings (SSSR count). The Hall–Kier alpha value is -2.24. The summed E-state index contributed by atoms with van der Waals surface area (Å²) in [5.41, 5.74) is 1.59. The summed E-state index contributed by atoms with van der Waals surface area (Å²) in [6, 6.07) is 12.6. The monoisotopic (exact) mass is 392 g/mol. The van der Waals surface area contributed by atoms with Gasteiger partial charge in [-0.25, -0.2) is 0 Å². The third-order valence-corrected chi connectivity index (χ3v) is 4.93. The van der Waals surface area contributed by atoms with Gasteiger partial charge in [-0.2, -0.15) is 0 Å². The molecular formula is C19H18Cl2N2O3. The molecular weight excluding hydrogens is 375 g/mol. The maximum Gasteiger partial charge on any atom is 0.265 e. The molecule has 2 amide bonds. The Morgan fingerprint density at radius 3 is 2.73 bits per heavy atom. The number of amides is 2. The van der Waals surface area contributed by atoms with Crippen molar-refractivity contribution in [2.24, 2.45) is 0 Å². The van der Waals surface area contributed by atoms with Crippen LogP contribution in [0.4, 0.5) is 5.69 Å². The Balaban J connectivity index is 1.61. The number of hydrogen-bond donors (Lipinski definition) is 0. The van der Waals surface area contributed by atoms with Gasteiger partial charge in [0.1, 0.15) is 5.75 Å². The quantitative estimate of drug-likeness (QED) is 0.777. The number of halogens is 2. The SMILES string of the molecule is CN(Cc1ccc(Cl)c(Cl)c1)C(=O)CCN1C(=O)COc2ccccc21. The Morgan fingerprint density at radius 2 is 1.96 bits per heavy atom. The van der Waals surface area contributed by atoms with Crippen molar-refractivity contribution < 1.29 is 14.3 Å². The fourth-order valence-electron chi connectivity index (χ4n) is 2.80. The number of para-hydroxylation sites is 2. The van der Waals surface area contributed by atoms with Crippen molar-refractivity contribution in [3.63, 3.8) is 0 Å². The molecule has 0 saturated carbocycles. The van der Waals surface area contributed by atoms with Crippen LogP contribution in [0.3, 0.4) is 0 Å². The van der Waals surface area contributed by atoms with Crippen LogP contribution in [0.15, 0.2) is 42.5 Å². The van der Waals surface area contributed by atoms with Crippen LogP contribution in [0.1, 0.15) is 12.0 Å². The molecule has 0 N–H and O–H groups in total. The molecule has 0 bridgehead atoms. The molecule has 0 aromatic heterocycles. The van der Waals surface area contributed by atoms with Gasteiger partial charge < -0.3 is 14.5 Å². The van der Waals surface area contributed by atoms with E-state index in [-0.39, 0.29) is 24.8 Å². The van der Waals surface area contributed by atoms with E-state index in [1.807, 2.05) is 30.3 Å². The van der Waals surface area contributed by atoms with Crippen molar-refractivity contribution in [1.82, 2.24) is 4.90 Å². The molecule has 0 unspecified atom stereocenters. The third-order valence-electron chi connectivity index (χ3n) is 4.19. The van der Waals surface area contributed by atoms with Crippen molar-refractivity contribution >= 4 is 40.7 Å². The second-order valence-corrected chi connectivity index (χ2v) is 6.86. The minimum atomic E-state index is -0.149. The van der Waals surface area contributed by atoms with E-state index in [0.29, 0.717) is 34.6 Å². The van der Waals surface area contributed by atoms with Crippen molar-refractivity contribution in [1.29, 1.82) is 0 Å². The van der Waals surface area contributed by atoms with E-state index in [4.69, 9.17) is 27.9 Å². The van der Waals surface area contributed by atoms with E-state index in [2.05, 4.69) is 0 Å². The van der Waals surface area contributed by atoms with E-state index < -0.39 is 0 Å². The number of rotatable bonds is 5. The summed E-state index contributed by atoms with van der Waals surface area (Å²) >= 11 is 11.9. The number of carbonyl (C=O) groups excluding carboxylic acids is 2. The first-order valence-electron chi connectivity index (χ1n) is 8.16. The average Bonchev–Trinajstić information content (AvgIpc) is 2.63. The number of carbonyl (C=O) groups is 2. The van der Waals surface area contributed by atoms with Gasteiger partial charge in [0, 0.05) is 26.6 Å². The smallest absolute Gasteiger partial charge is 0.265 e. The summed E-state index contributed by atoms with van der Waals surface area (Å²) in [6.07, 6.45) is 0.220. The van der Waals surface area contributed by atoms with Gasteiger partial charge in [0.25, 0.3) is 5.91 Å². The van der Waals surface area contributed by atoms with Crippen LogP contribution in [-0.4, -0.2) is 36.9 Å². The Kier molecular flexibility index (Phi) is 5.69. The second kappa shape index (κ2) is 7.98. The zero-order chi connectivity index (χ0) is 18.7. The molecule has 0 saturated heterocycles. The van der Waals surface area contributed by atoms with E-state index >= 15 is 0 Å². The van der Waals surface area contributed by atoms with Crippen LogP contribution in [0.2, 0.25) is 10.0 Å². The zero-order valence-corrected chi connectivity index (χ0v) is 15.8. The molecule has 2 aromatic rings. The Labute approximate surface area is 162 Å². The molecule has 0 spiro atoms. The maximum absolute atomic E-state index is 12.5. The van der Waals surface area contributed by atoms with E-state index in [1.165, 1.54) is 0 Å². The molecule has 2 aromatic carbocycles. The van der Waals surface area contributed by atoms with Crippen LogP contribution >= 0.6 is 23.2 Å². The van der Waals surface area contributed by atoms with E-state index in [0.717, 1.165) is 5.56 Å². The molecule has 0 aliphatic carbocycles. The largest absolute Gasteiger partial charge is 0.482 e. The van der Waals surface area contributed by atoms with E-state index in [9.17, 15) is 9.59 Å². The Morgan fingerprint density at radius 1 is 1.19 bits per heavy atom. The van der Waals surface area contributed by atoms with Gasteiger partial charge in [-0.3, -0.25) is 9.59 Å². The number of anilines is 1. The van der Waals surface area contributed by atoms with Gasteiger partial charge in [0.15, 0.2) is 6.61 Å². The summed E-state index contributed by atoms with van der Waals surface area (Å²) in [5.74, 6) is 0.445. The fraction of sp³-hybridized carbons (Fsp3) is 0.263. The second-order valence-electron chi connectivity index (χ2n) is 6.05. The van der Waals surface area contributed by atoms with Crippen molar-refractivity contribution in [3.8, 4) is 5.75 Å². The Bertz CT molecular complexity index is 841. The first-order valence-corrected chi connectivity index (χ1v) is 8.91. The van der Waals surface area contributed by atoms with Gasteiger partial charge in [-0.05, 0) is 29.8 Å². The molecule has 1 heterocycles. The number of fused-ring (bicyclic) bond motifs is 1. The highest BCUT2D eigenvalue weighted by Crippen LogP contribution is 2.31. The lowest BCUT2D eigenvalue weighted by molar-refractivity contribution is -0.130. The lowest BCUT2D eigenvalue weighted by atomic mass is 10.2. The zero-order valence-electron chi connectivity index (χ0n) is 14.2. The highest BCUT2D eigenvalue weighted by Gasteiger charge is 2.25. The summed E-state index contributed by atoms with van der Waals surface area (Å²) in [7, 11) is 1.72. The van der Waals surface area contributed by atoms with Gasteiger partial charge in [-0.15, -0.1) is 0 Å². The average molecular weight is 393 g/mol. The molecule has 0 fully saturated rings. The van der Waals surface area contributed by atoms with Crippen molar-refractivity contribution in [2.45, 2.75) is 13.0 Å². The minimum absolute atomic E-state index is 0.00961. The standard InChI is InChI=1S/C19H18Cl2N2O3/c1-22(11-13-6-7-14(20)15(21)10-13)18(24)8-9-23-16-4-2-3-5-17(16)26-12-19(23)25/h2-7,10H,8-9,11-12H2,1H3. The predicted octanol–water partition coefficient (Wildman–Crippen LogP) is 3.77. The first kappa shape index (κ1) is 18.5. The molecule has 0 atom stereocenters. The number of hydrogen-bond acceptors (Lipinski definition) is 3. The molecule has 7 heteroatoms. The predicted molar refractivity (Wildman–Crippen MR) is 102 cm³/mol. The fourth-order valence-corrected chi connectivity index (χ4v) is 3.12. The lowest BCUT2D eigenvalue weighted by Crippen LogP contribution is -2.41. The van der Waals surface area contributed by atoms with E-state index in [1.54, 1.807) is 29.0 Å². The minimum Gasteiger partial charge on any atom is -0.482 e. The van der Waals surface area contributed by atoms with Crippen LogP contribution in [-0.2, 0) is 16.1 Å². The highest BCUT2D eigenvalue weighted by molar-refractivity contribution is 6.42. The summed E-state index contributed by atoms with van der Waals surface area (Å²) in [5, 5.41) is 0.939. The molecule has 136 valence electrons. The number of ether oxygens (including phenoxy) is 1. The molecule has 26 heavy (non-hydrogen) atoms. The number of nitrogens with zero attached hydrogens (tertiary/aromatic N) is 2. The van der Waals surface area contributed by atoms with Gasteiger partial charge in [0.2, 0.25) is 5.91 Å². The summed E-state index contributed by atoms with van der Waals surface area (Å²) < 4.78 is 5.41. The molecule has 5 nitrogen and oxygen atoms in total. The lowest BCUT2D eigenvalue weighted by Gasteiger charge is -2.29. The van der Waals surface area contributed by atoms with Crippen LogP contribution in [0.25, 0.3) is 0 Å². The van der Waals surface area contributed by atoms with Crippen molar-refractivity contribution in [3.05, 3.63) is 58.1 Å². The summed E-state index contributed by atoms with van der Waals surface area (Å²) in [6.45, 7) is 0.720. The van der Waals surface area contributed by atoms with Crippen LogP contribution in [0, 0.1) is 0 Å². The maximum atomic E-state index is 12.5. The topological polar surface area (TPSA) is 49.9 Å². The van der Waals surface area contributed by atoms with Gasteiger partial charge in [-0.1, -0.05) is 41.4 Å². The van der Waals surface area contributed by atoms with Crippen LogP contribution < -0.4 is 9.64 Å².